The van der Waals surface area contributed by atoms with Gasteiger partial charge in [-0.15, -0.1) is 0 Å². The fraction of sp³-hybridized carbons (Fsp3) is 0.714. The maximum atomic E-state index is 9.15. The fourth-order valence-corrected chi connectivity index (χ4v) is 1.28. The van der Waals surface area contributed by atoms with Crippen molar-refractivity contribution in [2.24, 2.45) is 5.92 Å². The van der Waals surface area contributed by atoms with Crippen molar-refractivity contribution < 1.29 is 15.3 Å². The van der Waals surface area contributed by atoms with Crippen LogP contribution in [-0.4, -0.2) is 34.1 Å². The first-order chi connectivity index (χ1) is 4.66. The van der Waals surface area contributed by atoms with Crippen LogP contribution in [0.25, 0.3) is 0 Å². The smallest absolute Gasteiger partial charge is 0.0776 e. The SMILES string of the molecule is C=C1[C@@H](O)C[C@H](O)[C@H]1CO. The highest BCUT2D eigenvalue weighted by Gasteiger charge is 2.34. The van der Waals surface area contributed by atoms with Gasteiger partial charge in [0.15, 0.2) is 0 Å². The minimum Gasteiger partial charge on any atom is -0.396 e. The van der Waals surface area contributed by atoms with Crippen molar-refractivity contribution in [1.29, 1.82) is 0 Å². The van der Waals surface area contributed by atoms with Crippen molar-refractivity contribution in [3.05, 3.63) is 12.2 Å². The highest BCUT2D eigenvalue weighted by atomic mass is 16.3. The average molecular weight is 144 g/mol. The molecule has 58 valence electrons. The lowest BCUT2D eigenvalue weighted by Gasteiger charge is -2.10. The van der Waals surface area contributed by atoms with E-state index in [0.717, 1.165) is 0 Å². The topological polar surface area (TPSA) is 60.7 Å². The Morgan fingerprint density at radius 3 is 2.30 bits per heavy atom. The van der Waals surface area contributed by atoms with Gasteiger partial charge in [-0.1, -0.05) is 6.58 Å². The van der Waals surface area contributed by atoms with Crippen molar-refractivity contribution in [2.75, 3.05) is 6.61 Å². The Balaban J connectivity index is 2.64. The molecule has 0 aliphatic heterocycles. The molecule has 0 spiro atoms. The molecular formula is C7H12O3. The molecule has 3 heteroatoms. The van der Waals surface area contributed by atoms with Crippen LogP contribution in [0.3, 0.4) is 0 Å². The third-order valence-corrected chi connectivity index (χ3v) is 2.03. The van der Waals surface area contributed by atoms with Crippen molar-refractivity contribution in [3.63, 3.8) is 0 Å². The average Bonchev–Trinajstić information content (AvgIpc) is 2.09. The third-order valence-electron chi connectivity index (χ3n) is 2.03. The third kappa shape index (κ3) is 1.08. The Labute approximate surface area is 59.6 Å². The molecule has 0 bridgehead atoms. The normalized spacial score (nSPS) is 40.7. The van der Waals surface area contributed by atoms with Gasteiger partial charge in [-0.05, 0) is 5.57 Å². The zero-order chi connectivity index (χ0) is 7.72. The summed E-state index contributed by atoms with van der Waals surface area (Å²) in [6.45, 7) is 3.44. The van der Waals surface area contributed by atoms with E-state index in [-0.39, 0.29) is 12.5 Å². The summed E-state index contributed by atoms with van der Waals surface area (Å²) in [7, 11) is 0. The summed E-state index contributed by atoms with van der Waals surface area (Å²) in [5.41, 5.74) is 0.551. The van der Waals surface area contributed by atoms with E-state index in [1.54, 1.807) is 0 Å². The number of aliphatic hydroxyl groups excluding tert-OH is 3. The Morgan fingerprint density at radius 1 is 1.50 bits per heavy atom. The van der Waals surface area contributed by atoms with Crippen LogP contribution in [0.5, 0.6) is 0 Å². The van der Waals surface area contributed by atoms with Gasteiger partial charge in [0.25, 0.3) is 0 Å². The van der Waals surface area contributed by atoms with Crippen LogP contribution in [0, 0.1) is 5.92 Å². The molecular weight excluding hydrogens is 132 g/mol. The summed E-state index contributed by atoms with van der Waals surface area (Å²) in [5.74, 6) is -0.324. The summed E-state index contributed by atoms with van der Waals surface area (Å²) in [6, 6.07) is 0. The van der Waals surface area contributed by atoms with Crippen LogP contribution in [-0.2, 0) is 0 Å². The number of rotatable bonds is 1. The van der Waals surface area contributed by atoms with Gasteiger partial charge in [0, 0.05) is 12.3 Å². The Morgan fingerprint density at radius 2 is 2.10 bits per heavy atom. The molecule has 1 fully saturated rings. The molecule has 1 aliphatic rings. The molecule has 3 N–H and O–H groups in total. The second-order valence-electron chi connectivity index (χ2n) is 2.68. The quantitative estimate of drug-likeness (QED) is 0.425. The fourth-order valence-electron chi connectivity index (χ4n) is 1.28. The van der Waals surface area contributed by atoms with Gasteiger partial charge in [-0.25, -0.2) is 0 Å². The van der Waals surface area contributed by atoms with Gasteiger partial charge in [0.05, 0.1) is 18.8 Å². The monoisotopic (exact) mass is 144 g/mol. The van der Waals surface area contributed by atoms with Gasteiger partial charge >= 0.3 is 0 Å². The van der Waals surface area contributed by atoms with E-state index in [0.29, 0.717) is 12.0 Å². The molecule has 10 heavy (non-hydrogen) atoms. The number of hydrogen-bond acceptors (Lipinski definition) is 3. The maximum Gasteiger partial charge on any atom is 0.0776 e. The van der Waals surface area contributed by atoms with E-state index >= 15 is 0 Å². The van der Waals surface area contributed by atoms with Gasteiger partial charge in [-0.2, -0.15) is 0 Å². The van der Waals surface area contributed by atoms with Crippen molar-refractivity contribution in [3.8, 4) is 0 Å². The van der Waals surface area contributed by atoms with Crippen LogP contribution in [0.15, 0.2) is 12.2 Å². The first-order valence-corrected chi connectivity index (χ1v) is 3.32. The van der Waals surface area contributed by atoms with Crippen molar-refractivity contribution in [1.82, 2.24) is 0 Å². The Bertz CT molecular complexity index is 144. The van der Waals surface area contributed by atoms with Crippen LogP contribution in [0.4, 0.5) is 0 Å². The van der Waals surface area contributed by atoms with Gasteiger partial charge < -0.3 is 15.3 Å². The van der Waals surface area contributed by atoms with Gasteiger partial charge in [0.1, 0.15) is 0 Å². The standard InChI is InChI=1S/C7H12O3/c1-4-5(3-8)7(10)2-6(4)9/h5-10H,1-3H2/t5-,6-,7-/m0/s1. The minimum atomic E-state index is -0.632. The number of hydrogen-bond donors (Lipinski definition) is 3. The highest BCUT2D eigenvalue weighted by molar-refractivity contribution is 5.15. The summed E-state index contributed by atoms with van der Waals surface area (Å²) < 4.78 is 0. The second-order valence-corrected chi connectivity index (χ2v) is 2.68. The van der Waals surface area contributed by atoms with E-state index < -0.39 is 12.2 Å². The molecule has 0 aromatic rings. The molecule has 1 aliphatic carbocycles. The van der Waals surface area contributed by atoms with Crippen LogP contribution < -0.4 is 0 Å². The molecule has 1 saturated carbocycles. The van der Waals surface area contributed by atoms with Gasteiger partial charge in [0.2, 0.25) is 0 Å². The molecule has 0 heterocycles. The molecule has 3 atom stereocenters. The molecule has 0 amide bonds. The minimum absolute atomic E-state index is 0.128. The van der Waals surface area contributed by atoms with Crippen LogP contribution >= 0.6 is 0 Å². The van der Waals surface area contributed by atoms with Crippen LogP contribution in [0.1, 0.15) is 6.42 Å². The Kier molecular flexibility index (Phi) is 2.08. The predicted octanol–water partition coefficient (Wildman–Crippen LogP) is -0.723. The summed E-state index contributed by atoms with van der Waals surface area (Å²) in [6.07, 6.45) is -0.941. The first-order valence-electron chi connectivity index (χ1n) is 3.32. The van der Waals surface area contributed by atoms with Crippen molar-refractivity contribution >= 4 is 0 Å². The summed E-state index contributed by atoms with van der Waals surface area (Å²) in [5, 5.41) is 26.9. The predicted molar refractivity (Wildman–Crippen MR) is 36.3 cm³/mol. The lowest BCUT2D eigenvalue weighted by molar-refractivity contribution is 0.0940. The second kappa shape index (κ2) is 2.70. The number of aliphatic hydroxyl groups is 3. The van der Waals surface area contributed by atoms with Crippen molar-refractivity contribution in [2.45, 2.75) is 18.6 Å². The summed E-state index contributed by atoms with van der Waals surface area (Å²) >= 11 is 0. The first kappa shape index (κ1) is 7.72. The molecule has 1 rings (SSSR count). The maximum absolute atomic E-state index is 9.15. The van der Waals surface area contributed by atoms with E-state index in [9.17, 15) is 0 Å². The summed E-state index contributed by atoms with van der Waals surface area (Å²) in [4.78, 5) is 0. The molecule has 0 unspecified atom stereocenters. The van der Waals surface area contributed by atoms with E-state index in [4.69, 9.17) is 15.3 Å². The largest absolute Gasteiger partial charge is 0.396 e. The van der Waals surface area contributed by atoms with E-state index in [1.165, 1.54) is 0 Å². The molecule has 3 nitrogen and oxygen atoms in total. The lowest BCUT2D eigenvalue weighted by Crippen LogP contribution is -2.17. The van der Waals surface area contributed by atoms with E-state index in [1.807, 2.05) is 0 Å². The van der Waals surface area contributed by atoms with Gasteiger partial charge in [-0.3, -0.25) is 0 Å². The zero-order valence-corrected chi connectivity index (χ0v) is 5.70. The Hall–Kier alpha value is -0.380. The highest BCUT2D eigenvalue weighted by Crippen LogP contribution is 2.29. The molecule has 0 saturated heterocycles. The van der Waals surface area contributed by atoms with E-state index in [2.05, 4.69) is 6.58 Å². The molecule has 0 aromatic carbocycles. The van der Waals surface area contributed by atoms with Crippen LogP contribution in [0.2, 0.25) is 0 Å². The lowest BCUT2D eigenvalue weighted by atomic mass is 10.0. The molecule has 0 aromatic heterocycles. The zero-order valence-electron chi connectivity index (χ0n) is 5.70. The molecule has 0 radical (unpaired) electrons.